The lowest BCUT2D eigenvalue weighted by Gasteiger charge is -2.25. The highest BCUT2D eigenvalue weighted by molar-refractivity contribution is 5.94. The van der Waals surface area contributed by atoms with Gasteiger partial charge in [-0.05, 0) is 25.7 Å². The third kappa shape index (κ3) is 34.6. The Morgan fingerprint density at radius 1 is 0.677 bits per heavy atom. The van der Waals surface area contributed by atoms with Crippen molar-refractivity contribution in [3.63, 3.8) is 0 Å². The maximum atomic E-state index is 13.0. The van der Waals surface area contributed by atoms with Gasteiger partial charge in [0.25, 0.3) is 0 Å². The number of ether oxygens (including phenoxy) is 4. The lowest BCUT2D eigenvalue weighted by atomic mass is 9.77. The molecule has 15 heteroatoms. The number of carbonyl (C=O) groups is 6. The van der Waals surface area contributed by atoms with E-state index in [-0.39, 0.29) is 88.6 Å². The number of nitrogens with one attached hydrogen (secondary N) is 3. The molecular weight excluding hydrogens is 833 g/mol. The highest BCUT2D eigenvalue weighted by Crippen LogP contribution is 2.28. The number of aromatic nitrogens is 2. The smallest absolute Gasteiger partial charge is 0.306 e. The quantitative estimate of drug-likeness (QED) is 0.0523. The summed E-state index contributed by atoms with van der Waals surface area (Å²) in [4.78, 5) is 80.7. The van der Waals surface area contributed by atoms with Crippen LogP contribution in [0, 0.1) is 11.3 Å². The summed E-state index contributed by atoms with van der Waals surface area (Å²) in [6, 6.07) is -1.05. The van der Waals surface area contributed by atoms with Crippen molar-refractivity contribution in [3.8, 4) is 0 Å². The molecule has 0 fully saturated rings. The van der Waals surface area contributed by atoms with E-state index in [4.69, 9.17) is 24.7 Å². The number of Topliss-reactive ketones (excluding diaryl/α,β-unsaturated/α-hetero) is 4. The number of ketones is 4. The zero-order valence-electron chi connectivity index (χ0n) is 40.5. The summed E-state index contributed by atoms with van der Waals surface area (Å²) in [5.41, 5.74) is 7.71. The van der Waals surface area contributed by atoms with Gasteiger partial charge in [-0.15, -0.1) is 0 Å². The van der Waals surface area contributed by atoms with E-state index in [1.165, 1.54) is 89.8 Å². The third-order valence-electron chi connectivity index (χ3n) is 11.6. The van der Waals surface area contributed by atoms with Gasteiger partial charge in [0.2, 0.25) is 5.91 Å². The summed E-state index contributed by atoms with van der Waals surface area (Å²) in [5.74, 6) is -2.71. The summed E-state index contributed by atoms with van der Waals surface area (Å²) in [6.07, 6.45) is 26.7. The first-order chi connectivity index (χ1) is 31.4. The van der Waals surface area contributed by atoms with Gasteiger partial charge < -0.3 is 34.4 Å². The van der Waals surface area contributed by atoms with Crippen molar-refractivity contribution in [3.05, 3.63) is 18.2 Å². The van der Waals surface area contributed by atoms with Crippen molar-refractivity contribution in [2.45, 2.75) is 194 Å². The highest BCUT2D eigenvalue weighted by Gasteiger charge is 2.35. The first-order valence-electron chi connectivity index (χ1n) is 24.9. The molecule has 0 unspecified atom stereocenters. The van der Waals surface area contributed by atoms with E-state index in [1.54, 1.807) is 20.0 Å². The highest BCUT2D eigenvalue weighted by atomic mass is 16.5. The number of carboxylic acid groups (broad SMARTS) is 1. The third-order valence-corrected chi connectivity index (χ3v) is 11.6. The molecule has 0 aliphatic rings. The molecule has 4 N–H and O–H groups in total. The monoisotopic (exact) mass is 920 g/mol. The Morgan fingerprint density at radius 2 is 1.20 bits per heavy atom. The molecule has 0 aromatic carbocycles. The van der Waals surface area contributed by atoms with E-state index in [9.17, 15) is 33.9 Å². The number of nitrogens with zero attached hydrogens (tertiary/aromatic N) is 1. The number of rotatable bonds is 48. The lowest BCUT2D eigenvalue weighted by Crippen LogP contribution is -2.35. The topological polar surface area (TPSA) is 224 Å². The summed E-state index contributed by atoms with van der Waals surface area (Å²) < 4.78 is 21.7. The van der Waals surface area contributed by atoms with Crippen molar-refractivity contribution in [2.24, 2.45) is 11.3 Å². The fourth-order valence-electron chi connectivity index (χ4n) is 7.46. The number of carboxylic acids is 1. The number of aliphatic carboxylic acids is 1. The second-order valence-electron chi connectivity index (χ2n) is 18.2. The fourth-order valence-corrected chi connectivity index (χ4v) is 7.46. The van der Waals surface area contributed by atoms with Crippen molar-refractivity contribution >= 4 is 35.0 Å². The Labute approximate surface area is 390 Å². The molecule has 0 bridgehead atoms. The van der Waals surface area contributed by atoms with Gasteiger partial charge >= 0.3 is 5.97 Å². The van der Waals surface area contributed by atoms with E-state index in [0.717, 1.165) is 12.8 Å². The molecule has 0 aliphatic heterocycles. The molecule has 65 heavy (non-hydrogen) atoms. The van der Waals surface area contributed by atoms with Crippen LogP contribution in [0.3, 0.4) is 0 Å². The van der Waals surface area contributed by atoms with E-state index >= 15 is 0 Å². The zero-order chi connectivity index (χ0) is 47.8. The largest absolute Gasteiger partial charge is 0.481 e. The number of carbonyl (C=O) groups excluding carboxylic acids is 5. The van der Waals surface area contributed by atoms with Crippen molar-refractivity contribution in [1.29, 1.82) is 0 Å². The average molecular weight is 920 g/mol. The van der Waals surface area contributed by atoms with Gasteiger partial charge in [0.05, 0.1) is 51.3 Å². The number of aromatic amines is 1. The maximum Gasteiger partial charge on any atom is 0.306 e. The number of amides is 1. The molecule has 373 valence electrons. The predicted molar refractivity (Wildman–Crippen MR) is 251 cm³/mol. The van der Waals surface area contributed by atoms with Crippen molar-refractivity contribution in [1.82, 2.24) is 21.0 Å². The predicted octanol–water partition coefficient (Wildman–Crippen LogP) is 8.56. The minimum absolute atomic E-state index is 0.0556. The summed E-state index contributed by atoms with van der Waals surface area (Å²) in [7, 11) is 0. The van der Waals surface area contributed by atoms with Crippen LogP contribution in [0.2, 0.25) is 0 Å². The van der Waals surface area contributed by atoms with Crippen LogP contribution in [0.4, 0.5) is 0 Å². The molecule has 0 aliphatic carbocycles. The van der Waals surface area contributed by atoms with E-state index < -0.39 is 23.3 Å². The zero-order valence-corrected chi connectivity index (χ0v) is 40.5. The molecule has 1 heterocycles. The Hall–Kier alpha value is -3.37. The van der Waals surface area contributed by atoms with Crippen LogP contribution in [-0.4, -0.2) is 116 Å². The second kappa shape index (κ2) is 39.8. The number of imidazole rings is 1. The standard InChI is InChI=1S/C50H87N4O11/c1-4-5-6-7-8-9-10-11-12-13-14-15-16-17-20-24-43(55)26-22-28-62-30-33-65-39-48(59)53-27-29-63-31-32-64-38-44(56)25-21-18-19-23-41(49(60)61)34-47(58)50(2,3)36-46(57)45(51)35-42-37-52-40-54-42/h37,40-41,45,51H,4-36,38-39H2,1-3H3,(H,52,54)(H,53,59)(H,60,61)/t41-,45+/m1/s1. The first kappa shape index (κ1) is 59.6. The van der Waals surface area contributed by atoms with Crippen LogP contribution in [-0.2, 0) is 54.1 Å². The van der Waals surface area contributed by atoms with E-state index in [2.05, 4.69) is 22.2 Å². The van der Waals surface area contributed by atoms with Gasteiger partial charge in [-0.3, -0.25) is 28.8 Å². The SMILES string of the molecule is CCCCCCCCCCCCCCCCCC(=O)CCCOCCOCC(=O)NCCOCCOCC(=O)CCCCC[C@H](CC(=O)C(C)(C)CC(=O)[C@@H]([NH])Cc1cnc[nH]1)C(=O)O. The number of hydrogen-bond acceptors (Lipinski definition) is 11. The van der Waals surface area contributed by atoms with Crippen molar-refractivity contribution in [2.75, 3.05) is 59.4 Å². The molecule has 0 saturated carbocycles. The summed E-state index contributed by atoms with van der Waals surface area (Å²) >= 11 is 0. The average Bonchev–Trinajstić information content (AvgIpc) is 3.79. The summed E-state index contributed by atoms with van der Waals surface area (Å²) in [6.45, 7) is 7.55. The van der Waals surface area contributed by atoms with Crippen LogP contribution in [0.25, 0.3) is 0 Å². The second-order valence-corrected chi connectivity index (χ2v) is 18.2. The van der Waals surface area contributed by atoms with Crippen LogP contribution in [0.15, 0.2) is 12.5 Å². The van der Waals surface area contributed by atoms with Gasteiger partial charge in [0.1, 0.15) is 24.8 Å². The molecule has 15 nitrogen and oxygen atoms in total. The maximum absolute atomic E-state index is 13.0. The Balaban J connectivity index is 1.92. The van der Waals surface area contributed by atoms with Gasteiger partial charge in [-0.25, -0.2) is 10.7 Å². The lowest BCUT2D eigenvalue weighted by molar-refractivity contribution is -0.145. The molecule has 0 saturated heterocycles. The fraction of sp³-hybridized carbons (Fsp3) is 0.820. The van der Waals surface area contributed by atoms with Crippen LogP contribution >= 0.6 is 0 Å². The number of unbranched alkanes of at least 4 members (excludes halogenated alkanes) is 16. The molecule has 1 rings (SSSR count). The summed E-state index contributed by atoms with van der Waals surface area (Å²) in [5, 5.41) is 12.4. The van der Waals surface area contributed by atoms with Crippen LogP contribution in [0.1, 0.15) is 187 Å². The van der Waals surface area contributed by atoms with Gasteiger partial charge in [0.15, 0.2) is 11.6 Å². The van der Waals surface area contributed by atoms with Crippen LogP contribution in [0.5, 0.6) is 0 Å². The Morgan fingerprint density at radius 3 is 1.78 bits per heavy atom. The minimum atomic E-state index is -1.09. The van der Waals surface area contributed by atoms with Gasteiger partial charge in [-0.2, -0.15) is 0 Å². The molecule has 0 spiro atoms. The van der Waals surface area contributed by atoms with Gasteiger partial charge in [-0.1, -0.05) is 124 Å². The molecular formula is C50H87N4O11. The van der Waals surface area contributed by atoms with Crippen LogP contribution < -0.4 is 11.1 Å². The first-order valence-corrected chi connectivity index (χ1v) is 24.9. The number of H-pyrrole nitrogens is 1. The molecule has 2 atom stereocenters. The minimum Gasteiger partial charge on any atom is -0.481 e. The Kier molecular flexibility index (Phi) is 36.5. The normalized spacial score (nSPS) is 12.6. The van der Waals surface area contributed by atoms with Crippen molar-refractivity contribution < 1.29 is 52.8 Å². The Bertz CT molecular complexity index is 1410. The molecule has 1 radical (unpaired) electrons. The number of hydrogen-bond donors (Lipinski definition) is 3. The molecule has 1 amide bonds. The van der Waals surface area contributed by atoms with Gasteiger partial charge in [0, 0.05) is 69.0 Å². The molecule has 1 aromatic heterocycles. The van der Waals surface area contributed by atoms with E-state index in [0.29, 0.717) is 76.2 Å². The molecule has 1 aromatic rings. The van der Waals surface area contributed by atoms with E-state index in [1.807, 2.05) is 0 Å².